The second-order valence-electron chi connectivity index (χ2n) is 1.55. The molecule has 0 spiro atoms. The van der Waals surface area contributed by atoms with Gasteiger partial charge in [-0.1, -0.05) is 25.4 Å². The van der Waals surface area contributed by atoms with Crippen LogP contribution in [0.4, 0.5) is 0 Å². The molecule has 0 aliphatic carbocycles. The minimum absolute atomic E-state index is 0.107. The number of halogens is 1. The lowest BCUT2D eigenvalue weighted by Crippen LogP contribution is -2.00. The van der Waals surface area contributed by atoms with Crippen LogP contribution < -0.4 is 0 Å². The van der Waals surface area contributed by atoms with Crippen LogP contribution in [0.1, 0.15) is 24.3 Å². The van der Waals surface area contributed by atoms with Gasteiger partial charge in [0.2, 0.25) is 0 Å². The molecule has 1 aromatic rings. The van der Waals surface area contributed by atoms with Gasteiger partial charge in [0, 0.05) is 0 Å². The highest BCUT2D eigenvalue weighted by atomic mass is 35.5. The van der Waals surface area contributed by atoms with Gasteiger partial charge in [0.25, 0.3) is 0 Å². The molecule has 1 heterocycles. The fourth-order valence-corrected chi connectivity index (χ4v) is 0.531. The number of carbonyl (C=O) groups is 1. The smallest absolute Gasteiger partial charge is 0.356 e. The minimum Gasteiger partial charge on any atom is -0.476 e. The van der Waals surface area contributed by atoms with E-state index in [1.807, 2.05) is 13.8 Å². The summed E-state index contributed by atoms with van der Waals surface area (Å²) in [5.41, 5.74) is -0.107. The summed E-state index contributed by atoms with van der Waals surface area (Å²) in [6.45, 7) is 4.00. The van der Waals surface area contributed by atoms with Crippen LogP contribution in [-0.4, -0.2) is 21.3 Å². The van der Waals surface area contributed by atoms with Gasteiger partial charge in [0.15, 0.2) is 10.8 Å². The lowest BCUT2D eigenvalue weighted by Gasteiger charge is -1.89. The Bertz CT molecular complexity index is 248. The Balaban J connectivity index is 0.000000561. The molecule has 0 aliphatic heterocycles. The third-order valence-corrected chi connectivity index (χ3v) is 1.05. The zero-order valence-corrected chi connectivity index (χ0v) is 7.54. The average molecular weight is 189 g/mol. The van der Waals surface area contributed by atoms with Crippen LogP contribution in [0.5, 0.6) is 0 Å². The van der Waals surface area contributed by atoms with Crippen molar-refractivity contribution in [2.24, 2.45) is 0 Å². The van der Waals surface area contributed by atoms with Gasteiger partial charge >= 0.3 is 5.97 Å². The van der Waals surface area contributed by atoms with Crippen molar-refractivity contribution in [3.05, 3.63) is 23.0 Å². The molecule has 0 aromatic carbocycles. The third-order valence-electron chi connectivity index (χ3n) is 0.851. The molecule has 0 saturated heterocycles. The number of hydrogen-bond acceptors (Lipinski definition) is 3. The van der Waals surface area contributed by atoms with Gasteiger partial charge in [0.05, 0.1) is 0 Å². The fraction of sp³-hybridized carbons (Fsp3) is 0.286. The summed E-state index contributed by atoms with van der Waals surface area (Å²) in [6.07, 6.45) is 0. The van der Waals surface area contributed by atoms with E-state index in [9.17, 15) is 4.79 Å². The molecule has 0 unspecified atom stereocenters. The molecule has 0 bridgehead atoms. The molecule has 0 saturated carbocycles. The van der Waals surface area contributed by atoms with Crippen LogP contribution in [0.2, 0.25) is 5.15 Å². The second kappa shape index (κ2) is 5.49. The number of rotatable bonds is 1. The van der Waals surface area contributed by atoms with E-state index >= 15 is 0 Å². The summed E-state index contributed by atoms with van der Waals surface area (Å²) in [6, 6.07) is 2.66. The SMILES string of the molecule is CC.O=C(O)c1ccc(Cl)nn1. The Morgan fingerprint density at radius 1 is 1.42 bits per heavy atom. The highest BCUT2D eigenvalue weighted by Crippen LogP contribution is 2.01. The topological polar surface area (TPSA) is 63.1 Å². The largest absolute Gasteiger partial charge is 0.476 e. The summed E-state index contributed by atoms with van der Waals surface area (Å²) in [5, 5.41) is 15.1. The van der Waals surface area contributed by atoms with Crippen LogP contribution in [0.3, 0.4) is 0 Å². The monoisotopic (exact) mass is 188 g/mol. The molecule has 0 radical (unpaired) electrons. The zero-order valence-electron chi connectivity index (χ0n) is 6.78. The summed E-state index contributed by atoms with van der Waals surface area (Å²) < 4.78 is 0. The molecule has 1 N–H and O–H groups in total. The first-order valence-corrected chi connectivity index (χ1v) is 3.80. The molecule has 0 atom stereocenters. The maximum Gasteiger partial charge on any atom is 0.356 e. The Morgan fingerprint density at radius 3 is 2.33 bits per heavy atom. The Morgan fingerprint density at radius 2 is 2.00 bits per heavy atom. The molecule has 1 rings (SSSR count). The number of aromatic nitrogens is 2. The molecule has 0 aliphatic rings. The maximum atomic E-state index is 10.2. The van der Waals surface area contributed by atoms with Crippen molar-refractivity contribution in [3.63, 3.8) is 0 Å². The van der Waals surface area contributed by atoms with E-state index in [2.05, 4.69) is 10.2 Å². The van der Waals surface area contributed by atoms with Crippen molar-refractivity contribution in [3.8, 4) is 0 Å². The predicted molar refractivity (Wildman–Crippen MR) is 45.3 cm³/mol. The molecule has 12 heavy (non-hydrogen) atoms. The Labute approximate surface area is 75.2 Å². The van der Waals surface area contributed by atoms with Crippen LogP contribution in [0.25, 0.3) is 0 Å². The van der Waals surface area contributed by atoms with Gasteiger partial charge in [-0.2, -0.15) is 0 Å². The van der Waals surface area contributed by atoms with Crippen molar-refractivity contribution in [2.75, 3.05) is 0 Å². The van der Waals surface area contributed by atoms with Gasteiger partial charge in [0.1, 0.15) is 0 Å². The van der Waals surface area contributed by atoms with E-state index in [0.717, 1.165) is 0 Å². The van der Waals surface area contributed by atoms with E-state index in [1.54, 1.807) is 0 Å². The van der Waals surface area contributed by atoms with Crippen molar-refractivity contribution >= 4 is 17.6 Å². The zero-order chi connectivity index (χ0) is 9.56. The first-order valence-electron chi connectivity index (χ1n) is 3.42. The predicted octanol–water partition coefficient (Wildman–Crippen LogP) is 1.85. The molecular weight excluding hydrogens is 180 g/mol. The van der Waals surface area contributed by atoms with E-state index in [4.69, 9.17) is 16.7 Å². The van der Waals surface area contributed by atoms with Crippen LogP contribution in [0.15, 0.2) is 12.1 Å². The quantitative estimate of drug-likeness (QED) is 0.731. The van der Waals surface area contributed by atoms with Gasteiger partial charge in [-0.15, -0.1) is 10.2 Å². The highest BCUT2D eigenvalue weighted by Gasteiger charge is 2.02. The summed E-state index contributed by atoms with van der Waals surface area (Å²) >= 11 is 5.35. The second-order valence-corrected chi connectivity index (χ2v) is 1.93. The van der Waals surface area contributed by atoms with Crippen molar-refractivity contribution in [1.29, 1.82) is 0 Å². The normalized spacial score (nSPS) is 8.25. The lowest BCUT2D eigenvalue weighted by atomic mass is 10.4. The number of nitrogens with zero attached hydrogens (tertiary/aromatic N) is 2. The minimum atomic E-state index is -1.11. The van der Waals surface area contributed by atoms with E-state index in [-0.39, 0.29) is 10.8 Å². The Hall–Kier alpha value is -1.16. The number of carboxylic acids is 1. The van der Waals surface area contributed by atoms with Crippen LogP contribution >= 0.6 is 11.6 Å². The summed E-state index contributed by atoms with van der Waals surface area (Å²) in [7, 11) is 0. The third kappa shape index (κ3) is 3.30. The lowest BCUT2D eigenvalue weighted by molar-refractivity contribution is 0.0689. The van der Waals surface area contributed by atoms with Gasteiger partial charge in [-0.05, 0) is 12.1 Å². The van der Waals surface area contributed by atoms with Crippen molar-refractivity contribution in [1.82, 2.24) is 10.2 Å². The van der Waals surface area contributed by atoms with E-state index in [1.165, 1.54) is 12.1 Å². The summed E-state index contributed by atoms with van der Waals surface area (Å²) in [5.74, 6) is -1.11. The number of aromatic carboxylic acids is 1. The molecule has 5 heteroatoms. The molecule has 0 fully saturated rings. The molecule has 0 amide bonds. The first-order chi connectivity index (χ1) is 5.70. The Kier molecular flexibility index (Phi) is 4.96. The maximum absolute atomic E-state index is 10.2. The highest BCUT2D eigenvalue weighted by molar-refractivity contribution is 6.29. The molecule has 66 valence electrons. The van der Waals surface area contributed by atoms with Crippen molar-refractivity contribution < 1.29 is 9.90 Å². The molecular formula is C7H9ClN2O2. The first kappa shape index (κ1) is 10.8. The van der Waals surface area contributed by atoms with Crippen LogP contribution in [0, 0.1) is 0 Å². The van der Waals surface area contributed by atoms with Gasteiger partial charge in [-0.25, -0.2) is 4.79 Å². The van der Waals surface area contributed by atoms with Gasteiger partial charge < -0.3 is 5.11 Å². The van der Waals surface area contributed by atoms with Gasteiger partial charge in [-0.3, -0.25) is 0 Å². The van der Waals surface area contributed by atoms with E-state index in [0.29, 0.717) is 0 Å². The fourth-order valence-electron chi connectivity index (χ4n) is 0.430. The molecule has 4 nitrogen and oxygen atoms in total. The standard InChI is InChI=1S/C5H3ClN2O2.C2H6/c6-4-2-1-3(5(9)10)7-8-4;1-2/h1-2H,(H,9,10);1-2H3. The summed E-state index contributed by atoms with van der Waals surface area (Å²) in [4.78, 5) is 10.2. The number of carboxylic acid groups (broad SMARTS) is 1. The van der Waals surface area contributed by atoms with Crippen LogP contribution in [-0.2, 0) is 0 Å². The van der Waals surface area contributed by atoms with E-state index < -0.39 is 5.97 Å². The average Bonchev–Trinajstić information content (AvgIpc) is 2.09. The number of hydrogen-bond donors (Lipinski definition) is 1. The molecule has 1 aromatic heterocycles. The van der Waals surface area contributed by atoms with Crippen molar-refractivity contribution in [2.45, 2.75) is 13.8 Å².